The van der Waals surface area contributed by atoms with Crippen LogP contribution in [0.1, 0.15) is 101 Å². The monoisotopic (exact) mass is 674 g/mol. The lowest BCUT2D eigenvalue weighted by molar-refractivity contribution is 0.483. The number of hydrogen-bond donors (Lipinski definition) is 0. The molecule has 5 nitrogen and oxygen atoms in total. The average molecular weight is 675 g/mol. The van der Waals surface area contributed by atoms with Gasteiger partial charge in [-0.15, -0.1) is 0 Å². The van der Waals surface area contributed by atoms with Crippen LogP contribution in [0.3, 0.4) is 0 Å². The van der Waals surface area contributed by atoms with E-state index in [1.807, 2.05) is 29.2 Å². The van der Waals surface area contributed by atoms with Crippen LogP contribution in [0.15, 0.2) is 110 Å². The van der Waals surface area contributed by atoms with Gasteiger partial charge in [-0.2, -0.15) is 5.10 Å². The van der Waals surface area contributed by atoms with Gasteiger partial charge in [0.25, 0.3) is 0 Å². The van der Waals surface area contributed by atoms with Crippen LogP contribution in [0.5, 0.6) is 11.5 Å². The van der Waals surface area contributed by atoms with Crippen molar-refractivity contribution < 1.29 is 4.74 Å². The molecule has 5 heteroatoms. The molecule has 0 fully saturated rings. The zero-order valence-corrected chi connectivity index (χ0v) is 31.0. The van der Waals surface area contributed by atoms with Crippen molar-refractivity contribution in [3.8, 4) is 34.1 Å². The zero-order chi connectivity index (χ0) is 35.5. The highest BCUT2D eigenvalue weighted by Gasteiger charge is 2.21. The summed E-state index contributed by atoms with van der Waals surface area (Å²) in [6, 6.07) is 32.3. The topological polar surface area (TPSA) is 44.9 Å². The third-order valence-electron chi connectivity index (χ3n) is 10.3. The maximum Gasteiger partial charge on any atom is 0.137 e. The zero-order valence-electron chi connectivity index (χ0n) is 31.0. The van der Waals surface area contributed by atoms with E-state index in [2.05, 4.69) is 131 Å². The number of fused-ring (bicyclic) bond motifs is 3. The molecule has 4 aromatic carbocycles. The van der Waals surface area contributed by atoms with Crippen molar-refractivity contribution in [3.63, 3.8) is 0 Å². The van der Waals surface area contributed by atoms with Gasteiger partial charge in [-0.05, 0) is 103 Å². The van der Waals surface area contributed by atoms with Crippen molar-refractivity contribution in [1.82, 2.24) is 19.3 Å². The molecule has 7 rings (SSSR count). The smallest absolute Gasteiger partial charge is 0.137 e. The van der Waals surface area contributed by atoms with Crippen LogP contribution in [0.25, 0.3) is 44.4 Å². The molecule has 260 valence electrons. The summed E-state index contributed by atoms with van der Waals surface area (Å²) in [5, 5.41) is 7.28. The van der Waals surface area contributed by atoms with E-state index in [1.165, 1.54) is 69.8 Å². The normalized spacial score (nSPS) is 12.8. The predicted molar refractivity (Wildman–Crippen MR) is 213 cm³/mol. The van der Waals surface area contributed by atoms with Crippen molar-refractivity contribution >= 4 is 21.8 Å². The summed E-state index contributed by atoms with van der Waals surface area (Å²) in [7, 11) is 0. The Bertz CT molecular complexity index is 2260. The van der Waals surface area contributed by atoms with Crippen LogP contribution in [0, 0.1) is 6.92 Å². The minimum atomic E-state index is 0.477. The first-order chi connectivity index (χ1) is 24.9. The van der Waals surface area contributed by atoms with Gasteiger partial charge in [-0.25, -0.2) is 9.67 Å². The standard InChI is InChI=1S/C46H50N4O/c1-7-13-32(5)41-24-31(4)25-42(33(6)14-8-2)46(41)35-29-48-49(30-35)36-16-12-17-37(27-36)51-38-20-21-40-39-18-10-11-19-43(39)50(44(40)28-38)45-26-34(15-9-3)22-23-47-45/h10-12,16-30,32-33H,7-9,13-15H2,1-6H3/t32-,33?/m1/s1. The van der Waals surface area contributed by atoms with Crippen LogP contribution < -0.4 is 4.74 Å². The van der Waals surface area contributed by atoms with Gasteiger partial charge in [0, 0.05) is 40.9 Å². The molecular weight excluding hydrogens is 625 g/mol. The molecule has 0 amide bonds. The van der Waals surface area contributed by atoms with Gasteiger partial charge >= 0.3 is 0 Å². The Hall–Kier alpha value is -5.16. The summed E-state index contributed by atoms with van der Waals surface area (Å²) in [4.78, 5) is 4.81. The molecule has 3 heterocycles. The van der Waals surface area contributed by atoms with Gasteiger partial charge in [0.1, 0.15) is 17.3 Å². The second kappa shape index (κ2) is 15.0. The summed E-state index contributed by atoms with van der Waals surface area (Å²) >= 11 is 0. The van der Waals surface area contributed by atoms with E-state index < -0.39 is 0 Å². The first kappa shape index (κ1) is 34.3. The molecule has 2 atom stereocenters. The van der Waals surface area contributed by atoms with Gasteiger partial charge in [0.05, 0.1) is 22.9 Å². The first-order valence-electron chi connectivity index (χ1n) is 18.8. The van der Waals surface area contributed by atoms with Crippen LogP contribution in [0.4, 0.5) is 0 Å². The number of nitrogens with zero attached hydrogens (tertiary/aromatic N) is 4. The number of aromatic nitrogens is 4. The molecule has 0 spiro atoms. The fourth-order valence-electron chi connectivity index (χ4n) is 7.84. The maximum absolute atomic E-state index is 6.58. The predicted octanol–water partition coefficient (Wildman–Crippen LogP) is 12.9. The van der Waals surface area contributed by atoms with E-state index in [9.17, 15) is 0 Å². The molecule has 0 aliphatic carbocycles. The Morgan fingerprint density at radius 2 is 1.43 bits per heavy atom. The third-order valence-corrected chi connectivity index (χ3v) is 10.3. The summed E-state index contributed by atoms with van der Waals surface area (Å²) in [6.07, 6.45) is 12.9. The Balaban J connectivity index is 1.24. The van der Waals surface area contributed by atoms with Gasteiger partial charge in [0.2, 0.25) is 0 Å². The maximum atomic E-state index is 6.58. The molecule has 0 aliphatic heterocycles. The largest absolute Gasteiger partial charge is 0.457 e. The molecular formula is C46H50N4O. The van der Waals surface area contributed by atoms with Gasteiger partial charge in [-0.3, -0.25) is 4.57 Å². The quantitative estimate of drug-likeness (QED) is 0.122. The van der Waals surface area contributed by atoms with Crippen molar-refractivity contribution in [3.05, 3.63) is 132 Å². The molecule has 1 unspecified atom stereocenters. The highest BCUT2D eigenvalue weighted by atomic mass is 16.5. The number of rotatable bonds is 13. The third kappa shape index (κ3) is 6.95. The van der Waals surface area contributed by atoms with E-state index in [-0.39, 0.29) is 0 Å². The molecule has 0 radical (unpaired) electrons. The van der Waals surface area contributed by atoms with Gasteiger partial charge < -0.3 is 4.74 Å². The van der Waals surface area contributed by atoms with Crippen molar-refractivity contribution in [2.45, 2.75) is 91.9 Å². The van der Waals surface area contributed by atoms with Crippen LogP contribution in [0.2, 0.25) is 0 Å². The van der Waals surface area contributed by atoms with Crippen molar-refractivity contribution in [2.75, 3.05) is 0 Å². The fourth-order valence-corrected chi connectivity index (χ4v) is 7.84. The lowest BCUT2D eigenvalue weighted by atomic mass is 9.81. The number of hydrogen-bond acceptors (Lipinski definition) is 3. The summed E-state index contributed by atoms with van der Waals surface area (Å²) < 4.78 is 10.8. The summed E-state index contributed by atoms with van der Waals surface area (Å²) in [5.74, 6) is 3.42. The van der Waals surface area contributed by atoms with Crippen molar-refractivity contribution in [2.24, 2.45) is 0 Å². The lowest BCUT2D eigenvalue weighted by Crippen LogP contribution is -2.04. The van der Waals surface area contributed by atoms with E-state index in [0.717, 1.165) is 46.9 Å². The van der Waals surface area contributed by atoms with E-state index >= 15 is 0 Å². The number of aryl methyl sites for hydroxylation is 2. The number of benzene rings is 4. The Morgan fingerprint density at radius 3 is 2.18 bits per heavy atom. The first-order valence-corrected chi connectivity index (χ1v) is 18.8. The second-order valence-electron chi connectivity index (χ2n) is 14.3. The van der Waals surface area contributed by atoms with Crippen LogP contribution >= 0.6 is 0 Å². The van der Waals surface area contributed by atoms with Gasteiger partial charge in [-0.1, -0.05) is 95.8 Å². The van der Waals surface area contributed by atoms with Gasteiger partial charge in [0.15, 0.2) is 0 Å². The summed E-state index contributed by atoms with van der Waals surface area (Å²) in [6.45, 7) is 13.8. The average Bonchev–Trinajstić information content (AvgIpc) is 3.75. The molecule has 0 bridgehead atoms. The number of para-hydroxylation sites is 1. The van der Waals surface area contributed by atoms with E-state index in [4.69, 9.17) is 14.8 Å². The van der Waals surface area contributed by atoms with E-state index in [0.29, 0.717) is 11.8 Å². The molecule has 7 aromatic rings. The molecule has 3 aromatic heterocycles. The Kier molecular flexibility index (Phi) is 10.1. The fraction of sp³-hybridized carbons (Fsp3) is 0.304. The summed E-state index contributed by atoms with van der Waals surface area (Å²) in [5.41, 5.74) is 11.2. The molecule has 0 aliphatic rings. The Morgan fingerprint density at radius 1 is 0.706 bits per heavy atom. The molecule has 51 heavy (non-hydrogen) atoms. The minimum Gasteiger partial charge on any atom is -0.457 e. The van der Waals surface area contributed by atoms with Crippen LogP contribution in [-0.2, 0) is 6.42 Å². The molecule has 0 saturated heterocycles. The van der Waals surface area contributed by atoms with Crippen molar-refractivity contribution in [1.29, 1.82) is 0 Å². The highest BCUT2D eigenvalue weighted by molar-refractivity contribution is 6.09. The SMILES string of the molecule is CCCc1ccnc(-n2c3ccccc3c3ccc(Oc4cccc(-n5cc(-c6c(C(C)CCC)cc(C)cc6[C@H](C)CCC)cn5)c4)cc32)c1. The second-order valence-corrected chi connectivity index (χ2v) is 14.3. The molecule has 0 saturated carbocycles. The highest BCUT2D eigenvalue weighted by Crippen LogP contribution is 2.40. The lowest BCUT2D eigenvalue weighted by Gasteiger charge is -2.23. The van der Waals surface area contributed by atoms with E-state index in [1.54, 1.807) is 0 Å². The number of pyridine rings is 1. The minimum absolute atomic E-state index is 0.477. The Labute approximate surface area is 302 Å². The van der Waals surface area contributed by atoms with Crippen LogP contribution in [-0.4, -0.2) is 19.3 Å². The molecule has 0 N–H and O–H groups in total. The number of ether oxygens (including phenoxy) is 1.